The molecule has 0 bridgehead atoms. The monoisotopic (exact) mass is 257 g/mol. The van der Waals surface area contributed by atoms with Crippen LogP contribution in [0.25, 0.3) is 21.7 Å². The van der Waals surface area contributed by atoms with Gasteiger partial charge in [0.25, 0.3) is 5.91 Å². The highest BCUT2D eigenvalue weighted by Gasteiger charge is 2.24. The Morgan fingerprint density at radius 2 is 2.17 bits per heavy atom. The van der Waals surface area contributed by atoms with E-state index < -0.39 is 0 Å². The average molecular weight is 258 g/mol. The molecule has 0 atom stereocenters. The lowest BCUT2D eigenvalue weighted by atomic mass is 10.1. The predicted molar refractivity (Wildman–Crippen MR) is 69.8 cm³/mol. The number of benzene rings is 1. The summed E-state index contributed by atoms with van der Waals surface area (Å²) in [7, 11) is 0. The van der Waals surface area contributed by atoms with Gasteiger partial charge in [-0.25, -0.2) is 4.98 Å². The fourth-order valence-corrected chi connectivity index (χ4v) is 2.72. The van der Waals surface area contributed by atoms with Crippen LogP contribution in [0.3, 0.4) is 0 Å². The number of pyridine rings is 1. The highest BCUT2D eigenvalue weighted by molar-refractivity contribution is 6.30. The Bertz CT molecular complexity index is 822. The lowest BCUT2D eigenvalue weighted by Gasteiger charge is -2.01. The number of rotatable bonds is 0. The van der Waals surface area contributed by atoms with Crippen molar-refractivity contribution in [3.8, 4) is 0 Å². The normalized spacial score (nSPS) is 14.2. The second-order valence-electron chi connectivity index (χ2n) is 4.38. The summed E-state index contributed by atoms with van der Waals surface area (Å²) < 4.78 is 0. The molecule has 0 fully saturated rings. The SMILES string of the molecule is O=C1NCc2[nH]c3c(ccc4cnc(Cl)cc43)c21. The van der Waals surface area contributed by atoms with Crippen LogP contribution in [0.1, 0.15) is 16.1 Å². The third-order valence-electron chi connectivity index (χ3n) is 3.37. The predicted octanol–water partition coefficient (Wildman–Crippen LogP) is 2.61. The molecule has 1 aliphatic heterocycles. The summed E-state index contributed by atoms with van der Waals surface area (Å²) in [5, 5.41) is 6.20. The number of carbonyl (C=O) groups excluding carboxylic acids is 1. The fourth-order valence-electron chi connectivity index (χ4n) is 2.56. The van der Waals surface area contributed by atoms with Crippen LogP contribution in [0.4, 0.5) is 0 Å². The summed E-state index contributed by atoms with van der Waals surface area (Å²) in [6, 6.07) is 5.73. The lowest BCUT2D eigenvalue weighted by Crippen LogP contribution is -2.13. The Balaban J connectivity index is 2.21. The summed E-state index contributed by atoms with van der Waals surface area (Å²) >= 11 is 5.94. The topological polar surface area (TPSA) is 57.8 Å². The zero-order chi connectivity index (χ0) is 12.3. The minimum absolute atomic E-state index is 0.0178. The Morgan fingerprint density at radius 1 is 1.28 bits per heavy atom. The van der Waals surface area contributed by atoms with Gasteiger partial charge >= 0.3 is 0 Å². The third-order valence-corrected chi connectivity index (χ3v) is 3.58. The Morgan fingerprint density at radius 3 is 3.06 bits per heavy atom. The van der Waals surface area contributed by atoms with Gasteiger partial charge in [-0.15, -0.1) is 0 Å². The van der Waals surface area contributed by atoms with Crippen LogP contribution in [-0.2, 0) is 6.54 Å². The minimum atomic E-state index is -0.0178. The molecule has 2 aromatic heterocycles. The molecule has 0 unspecified atom stereocenters. The first-order valence-electron chi connectivity index (χ1n) is 5.61. The summed E-state index contributed by atoms with van der Waals surface area (Å²) in [5.41, 5.74) is 2.65. The molecule has 3 aromatic rings. The number of fused-ring (bicyclic) bond motifs is 5. The summed E-state index contributed by atoms with van der Waals surface area (Å²) in [6.07, 6.45) is 1.74. The zero-order valence-corrected chi connectivity index (χ0v) is 10.0. The van der Waals surface area contributed by atoms with E-state index in [0.717, 1.165) is 32.9 Å². The molecule has 0 radical (unpaired) electrons. The zero-order valence-electron chi connectivity index (χ0n) is 9.25. The molecule has 0 saturated heterocycles. The number of nitrogens with zero attached hydrogens (tertiary/aromatic N) is 1. The van der Waals surface area contributed by atoms with Crippen molar-refractivity contribution in [2.45, 2.75) is 6.54 Å². The maximum Gasteiger partial charge on any atom is 0.254 e. The lowest BCUT2D eigenvalue weighted by molar-refractivity contribution is 0.0967. The van der Waals surface area contributed by atoms with Crippen LogP contribution >= 0.6 is 11.6 Å². The Kier molecular flexibility index (Phi) is 1.78. The average Bonchev–Trinajstić information content (AvgIpc) is 2.90. The van der Waals surface area contributed by atoms with Crippen molar-refractivity contribution in [3.63, 3.8) is 0 Å². The van der Waals surface area contributed by atoms with Crippen molar-refractivity contribution in [1.82, 2.24) is 15.3 Å². The van der Waals surface area contributed by atoms with E-state index in [0.29, 0.717) is 11.7 Å². The number of nitrogens with one attached hydrogen (secondary N) is 2. The van der Waals surface area contributed by atoms with Gasteiger partial charge in [0.15, 0.2) is 0 Å². The van der Waals surface area contributed by atoms with Crippen molar-refractivity contribution in [2.75, 3.05) is 0 Å². The summed E-state index contributed by atoms with van der Waals surface area (Å²) in [4.78, 5) is 19.1. The number of hydrogen-bond donors (Lipinski definition) is 2. The number of H-pyrrole nitrogens is 1. The van der Waals surface area contributed by atoms with Crippen molar-refractivity contribution >= 4 is 39.2 Å². The van der Waals surface area contributed by atoms with Crippen LogP contribution in [0.5, 0.6) is 0 Å². The number of amides is 1. The van der Waals surface area contributed by atoms with Gasteiger partial charge in [0.1, 0.15) is 5.15 Å². The number of hydrogen-bond acceptors (Lipinski definition) is 2. The van der Waals surface area contributed by atoms with Gasteiger partial charge < -0.3 is 10.3 Å². The minimum Gasteiger partial charge on any atom is -0.356 e. The van der Waals surface area contributed by atoms with E-state index in [4.69, 9.17) is 11.6 Å². The molecule has 4 rings (SSSR count). The van der Waals surface area contributed by atoms with E-state index in [-0.39, 0.29) is 5.91 Å². The van der Waals surface area contributed by atoms with Gasteiger partial charge in [0, 0.05) is 28.0 Å². The maximum atomic E-state index is 11.8. The maximum absolute atomic E-state index is 11.8. The Hall–Kier alpha value is -2.07. The molecule has 1 aromatic carbocycles. The first kappa shape index (κ1) is 9.91. The van der Waals surface area contributed by atoms with Gasteiger partial charge in [0.2, 0.25) is 0 Å². The van der Waals surface area contributed by atoms with Crippen LogP contribution in [-0.4, -0.2) is 15.9 Å². The second-order valence-corrected chi connectivity index (χ2v) is 4.76. The van der Waals surface area contributed by atoms with E-state index in [9.17, 15) is 4.79 Å². The number of aromatic amines is 1. The molecule has 3 heterocycles. The highest BCUT2D eigenvalue weighted by atomic mass is 35.5. The highest BCUT2D eigenvalue weighted by Crippen LogP contribution is 2.32. The van der Waals surface area contributed by atoms with E-state index in [1.807, 2.05) is 18.2 Å². The molecule has 2 N–H and O–H groups in total. The van der Waals surface area contributed by atoms with Crippen molar-refractivity contribution in [1.29, 1.82) is 0 Å². The molecule has 0 saturated carbocycles. The fraction of sp³-hybridized carbons (Fsp3) is 0.0769. The van der Waals surface area contributed by atoms with Crippen LogP contribution in [0.15, 0.2) is 24.4 Å². The molecule has 1 amide bonds. The molecule has 5 heteroatoms. The van der Waals surface area contributed by atoms with E-state index in [1.54, 1.807) is 6.20 Å². The molecular formula is C13H8ClN3O. The van der Waals surface area contributed by atoms with Crippen molar-refractivity contribution in [2.24, 2.45) is 0 Å². The van der Waals surface area contributed by atoms with Crippen molar-refractivity contribution < 1.29 is 4.79 Å². The smallest absolute Gasteiger partial charge is 0.254 e. The van der Waals surface area contributed by atoms with Gasteiger partial charge in [-0.05, 0) is 6.07 Å². The first-order chi connectivity index (χ1) is 8.74. The van der Waals surface area contributed by atoms with E-state index in [2.05, 4.69) is 15.3 Å². The van der Waals surface area contributed by atoms with Crippen LogP contribution in [0.2, 0.25) is 5.15 Å². The van der Waals surface area contributed by atoms with Gasteiger partial charge in [-0.1, -0.05) is 23.7 Å². The molecule has 0 spiro atoms. The number of aromatic nitrogens is 2. The van der Waals surface area contributed by atoms with Gasteiger partial charge in [0.05, 0.1) is 17.6 Å². The number of halogens is 1. The first-order valence-corrected chi connectivity index (χ1v) is 5.99. The largest absolute Gasteiger partial charge is 0.356 e. The third kappa shape index (κ3) is 1.15. The molecule has 0 aliphatic carbocycles. The standard InChI is InChI=1S/C13H8ClN3O/c14-10-3-8-6(4-15-10)1-2-7-11-9(17-12(7)8)5-16-13(11)18/h1-4,17H,5H2,(H,16,18). The quantitative estimate of drug-likeness (QED) is 0.608. The second kappa shape index (κ2) is 3.23. The summed E-state index contributed by atoms with van der Waals surface area (Å²) in [6.45, 7) is 0.559. The van der Waals surface area contributed by atoms with E-state index in [1.165, 1.54) is 0 Å². The van der Waals surface area contributed by atoms with Crippen LogP contribution < -0.4 is 5.32 Å². The van der Waals surface area contributed by atoms with Crippen molar-refractivity contribution in [3.05, 3.63) is 40.8 Å². The van der Waals surface area contributed by atoms with Crippen LogP contribution in [0, 0.1) is 0 Å². The van der Waals surface area contributed by atoms with Gasteiger partial charge in [-0.3, -0.25) is 4.79 Å². The molecule has 4 nitrogen and oxygen atoms in total. The van der Waals surface area contributed by atoms with E-state index >= 15 is 0 Å². The molecule has 1 aliphatic rings. The molecule has 88 valence electrons. The Labute approximate surface area is 107 Å². The number of carbonyl (C=O) groups is 1. The molecule has 18 heavy (non-hydrogen) atoms. The summed E-state index contributed by atoms with van der Waals surface area (Å²) in [5.74, 6) is -0.0178. The molecular weight excluding hydrogens is 250 g/mol. The van der Waals surface area contributed by atoms with Gasteiger partial charge in [-0.2, -0.15) is 0 Å².